The standard InChI is InChI=1S/C23H21ClN4O3S/c24-20-11-10-19(32-20)22(30)25-17-4-3-13-27-18(17)14-28(23(27)31)16-8-6-15(7-9-16)26-12-2-1-5-21(26)29/h1-2,5-12,17-18H,3-4,13-14H2,(H,25,30)/t17-,18-/m1/s1. The van der Waals surface area contributed by atoms with Crippen LogP contribution >= 0.6 is 22.9 Å². The molecule has 7 nitrogen and oxygen atoms in total. The average Bonchev–Trinajstić information content (AvgIpc) is 3.39. The predicted molar refractivity (Wildman–Crippen MR) is 125 cm³/mol. The van der Waals surface area contributed by atoms with Crippen molar-refractivity contribution >= 4 is 40.6 Å². The molecular weight excluding hydrogens is 448 g/mol. The fraction of sp³-hybridized carbons (Fsp3) is 0.261. The van der Waals surface area contributed by atoms with Gasteiger partial charge in [-0.1, -0.05) is 17.7 Å². The zero-order valence-electron chi connectivity index (χ0n) is 17.1. The number of hydrogen-bond donors (Lipinski definition) is 1. The number of carbonyl (C=O) groups excluding carboxylic acids is 2. The first-order chi connectivity index (χ1) is 15.5. The van der Waals surface area contributed by atoms with E-state index >= 15 is 0 Å². The molecule has 2 aromatic heterocycles. The normalized spacial score (nSPS) is 20.3. The molecule has 32 heavy (non-hydrogen) atoms. The predicted octanol–water partition coefficient (Wildman–Crippen LogP) is 3.76. The summed E-state index contributed by atoms with van der Waals surface area (Å²) in [4.78, 5) is 42.0. The highest BCUT2D eigenvalue weighted by molar-refractivity contribution is 7.18. The summed E-state index contributed by atoms with van der Waals surface area (Å²) in [6, 6.07) is 15.6. The number of fused-ring (bicyclic) bond motifs is 1. The van der Waals surface area contributed by atoms with Gasteiger partial charge in [-0.25, -0.2) is 4.79 Å². The molecule has 1 aromatic carbocycles. The Morgan fingerprint density at radius 1 is 1.03 bits per heavy atom. The molecule has 0 saturated carbocycles. The van der Waals surface area contributed by atoms with Gasteiger partial charge in [-0.3, -0.25) is 19.1 Å². The quantitative estimate of drug-likeness (QED) is 0.633. The van der Waals surface area contributed by atoms with Gasteiger partial charge in [0.15, 0.2) is 0 Å². The molecule has 2 atom stereocenters. The Hall–Kier alpha value is -3.10. The molecule has 4 heterocycles. The molecule has 9 heteroatoms. The number of urea groups is 1. The summed E-state index contributed by atoms with van der Waals surface area (Å²) >= 11 is 7.21. The van der Waals surface area contributed by atoms with E-state index in [9.17, 15) is 14.4 Å². The molecule has 0 radical (unpaired) electrons. The molecule has 5 rings (SSSR count). The zero-order chi connectivity index (χ0) is 22.2. The first kappa shape index (κ1) is 20.8. The van der Waals surface area contributed by atoms with Crippen LogP contribution in [-0.4, -0.2) is 46.6 Å². The Labute approximate surface area is 193 Å². The van der Waals surface area contributed by atoms with E-state index in [1.165, 1.54) is 17.4 Å². The van der Waals surface area contributed by atoms with E-state index in [2.05, 4.69) is 5.32 Å². The molecule has 3 amide bonds. The summed E-state index contributed by atoms with van der Waals surface area (Å²) in [6.45, 7) is 1.17. The van der Waals surface area contributed by atoms with Gasteiger partial charge in [-0.2, -0.15) is 0 Å². The number of nitrogens with one attached hydrogen (secondary N) is 1. The van der Waals surface area contributed by atoms with Gasteiger partial charge in [0.05, 0.1) is 27.8 Å². The minimum Gasteiger partial charge on any atom is -0.346 e. The maximum absolute atomic E-state index is 13.1. The molecule has 2 aliphatic heterocycles. The molecular formula is C23H21ClN4O3S. The van der Waals surface area contributed by atoms with Crippen LogP contribution in [0.4, 0.5) is 10.5 Å². The highest BCUT2D eigenvalue weighted by Gasteiger charge is 2.44. The van der Waals surface area contributed by atoms with Crippen LogP contribution in [-0.2, 0) is 0 Å². The van der Waals surface area contributed by atoms with Crippen molar-refractivity contribution in [2.24, 2.45) is 0 Å². The van der Waals surface area contributed by atoms with Crippen molar-refractivity contribution in [3.63, 3.8) is 0 Å². The second-order valence-electron chi connectivity index (χ2n) is 7.91. The lowest BCUT2D eigenvalue weighted by Crippen LogP contribution is -2.54. The molecule has 0 aliphatic carbocycles. The summed E-state index contributed by atoms with van der Waals surface area (Å²) in [6.07, 6.45) is 3.37. The van der Waals surface area contributed by atoms with E-state index in [1.807, 2.05) is 29.2 Å². The number of aromatic nitrogens is 1. The Kier molecular flexibility index (Phi) is 5.48. The zero-order valence-corrected chi connectivity index (χ0v) is 18.7. The van der Waals surface area contributed by atoms with E-state index in [0.717, 1.165) is 24.2 Å². The van der Waals surface area contributed by atoms with Crippen molar-refractivity contribution in [2.75, 3.05) is 18.0 Å². The summed E-state index contributed by atoms with van der Waals surface area (Å²) in [5.41, 5.74) is 1.40. The second-order valence-corrected chi connectivity index (χ2v) is 9.62. The van der Waals surface area contributed by atoms with E-state index in [0.29, 0.717) is 22.3 Å². The smallest absolute Gasteiger partial charge is 0.324 e. The van der Waals surface area contributed by atoms with E-state index < -0.39 is 0 Å². The van der Waals surface area contributed by atoms with Crippen LogP contribution in [0.2, 0.25) is 4.34 Å². The molecule has 2 aliphatic rings. The number of amides is 3. The number of hydrogen-bond acceptors (Lipinski definition) is 4. The third-order valence-corrected chi connectivity index (χ3v) is 7.23. The number of nitrogens with zero attached hydrogens (tertiary/aromatic N) is 3. The molecule has 3 aromatic rings. The number of halogens is 1. The summed E-state index contributed by atoms with van der Waals surface area (Å²) < 4.78 is 2.13. The molecule has 2 fully saturated rings. The maximum Gasteiger partial charge on any atom is 0.324 e. The van der Waals surface area contributed by atoms with Crippen molar-refractivity contribution in [3.05, 3.63) is 80.4 Å². The van der Waals surface area contributed by atoms with Crippen LogP contribution in [0.15, 0.2) is 65.6 Å². The second kappa shape index (κ2) is 8.44. The molecule has 2 saturated heterocycles. The van der Waals surface area contributed by atoms with Gasteiger partial charge in [0.2, 0.25) is 0 Å². The fourth-order valence-electron chi connectivity index (χ4n) is 4.43. The fourth-order valence-corrected chi connectivity index (χ4v) is 5.38. The number of piperidine rings is 1. The van der Waals surface area contributed by atoms with E-state index in [-0.39, 0.29) is 29.6 Å². The number of anilines is 1. The van der Waals surface area contributed by atoms with Gasteiger partial charge in [-0.05, 0) is 55.3 Å². The first-order valence-electron chi connectivity index (χ1n) is 10.4. The largest absolute Gasteiger partial charge is 0.346 e. The van der Waals surface area contributed by atoms with Crippen molar-refractivity contribution < 1.29 is 9.59 Å². The highest BCUT2D eigenvalue weighted by Crippen LogP contribution is 2.31. The van der Waals surface area contributed by atoms with Crippen molar-refractivity contribution in [3.8, 4) is 5.69 Å². The van der Waals surface area contributed by atoms with Crippen LogP contribution in [0.1, 0.15) is 22.5 Å². The van der Waals surface area contributed by atoms with Gasteiger partial charge < -0.3 is 10.2 Å². The number of pyridine rings is 1. The minimum atomic E-state index is -0.155. The lowest BCUT2D eigenvalue weighted by atomic mass is 9.97. The monoisotopic (exact) mass is 468 g/mol. The van der Waals surface area contributed by atoms with Gasteiger partial charge in [-0.15, -0.1) is 11.3 Å². The van der Waals surface area contributed by atoms with Gasteiger partial charge in [0, 0.05) is 30.2 Å². The molecule has 0 bridgehead atoms. The first-order valence-corrected chi connectivity index (χ1v) is 11.6. The van der Waals surface area contributed by atoms with Gasteiger partial charge >= 0.3 is 6.03 Å². The van der Waals surface area contributed by atoms with Crippen LogP contribution in [0.5, 0.6) is 0 Å². The number of rotatable bonds is 4. The molecule has 164 valence electrons. The van der Waals surface area contributed by atoms with Crippen LogP contribution in [0.3, 0.4) is 0 Å². The summed E-state index contributed by atoms with van der Waals surface area (Å²) in [5.74, 6) is -0.155. The SMILES string of the molecule is O=C(N[C@@H]1CCCN2C(=O)N(c3ccc(-n4ccccc4=O)cc3)C[C@H]12)c1ccc(Cl)s1. The lowest BCUT2D eigenvalue weighted by molar-refractivity contribution is 0.0891. The van der Waals surface area contributed by atoms with Crippen molar-refractivity contribution in [1.82, 2.24) is 14.8 Å². The summed E-state index contributed by atoms with van der Waals surface area (Å²) in [7, 11) is 0. The topological polar surface area (TPSA) is 74.7 Å². The number of carbonyl (C=O) groups is 2. The lowest BCUT2D eigenvalue weighted by Gasteiger charge is -2.35. The summed E-state index contributed by atoms with van der Waals surface area (Å²) in [5, 5.41) is 3.10. The number of thiophene rings is 1. The van der Waals surface area contributed by atoms with Crippen LogP contribution in [0, 0.1) is 0 Å². The minimum absolute atomic E-state index is 0.0576. The maximum atomic E-state index is 13.1. The van der Waals surface area contributed by atoms with Crippen molar-refractivity contribution in [1.29, 1.82) is 0 Å². The Bertz CT molecular complexity index is 1220. The van der Waals surface area contributed by atoms with Crippen LogP contribution < -0.4 is 15.8 Å². The highest BCUT2D eigenvalue weighted by atomic mass is 35.5. The van der Waals surface area contributed by atoms with Gasteiger partial charge in [0.1, 0.15) is 0 Å². The average molecular weight is 469 g/mol. The van der Waals surface area contributed by atoms with Crippen LogP contribution in [0.25, 0.3) is 5.69 Å². The Morgan fingerprint density at radius 3 is 2.53 bits per heavy atom. The number of benzene rings is 1. The third-order valence-electron chi connectivity index (χ3n) is 6.00. The van der Waals surface area contributed by atoms with E-state index in [4.69, 9.17) is 11.6 Å². The third kappa shape index (κ3) is 3.80. The Balaban J connectivity index is 1.34. The molecule has 0 unspecified atom stereocenters. The molecule has 1 N–H and O–H groups in total. The van der Waals surface area contributed by atoms with Gasteiger partial charge in [0.25, 0.3) is 11.5 Å². The van der Waals surface area contributed by atoms with E-state index in [1.54, 1.807) is 39.9 Å². The molecule has 0 spiro atoms. The van der Waals surface area contributed by atoms with Crippen molar-refractivity contribution in [2.45, 2.75) is 24.9 Å². The Morgan fingerprint density at radius 2 is 1.81 bits per heavy atom.